The number of hydrogen-bond donors (Lipinski definition) is 5. The number of imidazole rings is 1. The summed E-state index contributed by atoms with van der Waals surface area (Å²) >= 11 is 0. The summed E-state index contributed by atoms with van der Waals surface area (Å²) in [7, 11) is -4.02. The summed E-state index contributed by atoms with van der Waals surface area (Å²) in [5.41, 5.74) is 0.268. The molecule has 0 aliphatic rings. The van der Waals surface area contributed by atoms with Crippen molar-refractivity contribution in [3.63, 3.8) is 0 Å². The van der Waals surface area contributed by atoms with Crippen molar-refractivity contribution in [3.05, 3.63) is 16.7 Å². The van der Waals surface area contributed by atoms with Crippen molar-refractivity contribution < 1.29 is 19.1 Å². The second-order valence-corrected chi connectivity index (χ2v) is 5.72. The molecule has 0 bridgehead atoms. The summed E-state index contributed by atoms with van der Waals surface area (Å²) in [5.74, 6) is 0.258. The van der Waals surface area contributed by atoms with Crippen molar-refractivity contribution in [3.8, 4) is 0 Å². The first-order valence-corrected chi connectivity index (χ1v) is 7.55. The average molecular weight is 303 g/mol. The standard InChI is InChI=1S/C9H14N5O5P/c15-8-6-7(12-5-11-6)13-9(14-8)10-1-2-19-3-4-20(16,17)18/h5H,1-4H2,(H2,16,17,18)(H3,10,11,12,13,14,15). The molecule has 0 saturated carbocycles. The molecule has 0 atom stereocenters. The van der Waals surface area contributed by atoms with E-state index in [-0.39, 0.29) is 30.9 Å². The first-order chi connectivity index (χ1) is 9.46. The summed E-state index contributed by atoms with van der Waals surface area (Å²) in [4.78, 5) is 42.0. The van der Waals surface area contributed by atoms with E-state index < -0.39 is 7.60 Å². The van der Waals surface area contributed by atoms with Gasteiger partial charge in [0.1, 0.15) is 0 Å². The van der Waals surface area contributed by atoms with Crippen LogP contribution in [0.2, 0.25) is 0 Å². The Bertz CT molecular complexity index is 677. The van der Waals surface area contributed by atoms with Crippen LogP contribution in [0, 0.1) is 0 Å². The highest BCUT2D eigenvalue weighted by molar-refractivity contribution is 7.51. The SMILES string of the molecule is O=c1[nH]c(NCCOCCP(=O)(O)O)nc2nc[nH]c12. The molecule has 0 fully saturated rings. The van der Waals surface area contributed by atoms with Crippen LogP contribution in [0.25, 0.3) is 11.2 Å². The normalized spacial score (nSPS) is 11.9. The number of anilines is 1. The van der Waals surface area contributed by atoms with E-state index in [0.29, 0.717) is 17.7 Å². The second kappa shape index (κ2) is 6.14. The smallest absolute Gasteiger partial charge is 0.327 e. The van der Waals surface area contributed by atoms with Crippen LogP contribution < -0.4 is 10.9 Å². The number of H-pyrrole nitrogens is 2. The molecule has 0 spiro atoms. The Kier molecular flexibility index (Phi) is 4.50. The summed E-state index contributed by atoms with van der Waals surface area (Å²) in [6.45, 7) is 0.524. The lowest BCUT2D eigenvalue weighted by molar-refractivity contribution is 0.155. The molecule has 2 heterocycles. The first kappa shape index (κ1) is 14.7. The second-order valence-electron chi connectivity index (χ2n) is 3.94. The lowest BCUT2D eigenvalue weighted by Gasteiger charge is -2.07. The molecule has 0 saturated heterocycles. The molecule has 0 amide bonds. The minimum atomic E-state index is -4.02. The Hall–Kier alpha value is -1.74. The van der Waals surface area contributed by atoms with Crippen LogP contribution in [0.15, 0.2) is 11.1 Å². The number of nitrogens with zero attached hydrogens (tertiary/aromatic N) is 2. The maximum Gasteiger partial charge on any atom is 0.327 e. The van der Waals surface area contributed by atoms with E-state index in [9.17, 15) is 9.36 Å². The molecule has 110 valence electrons. The minimum absolute atomic E-state index is 0.0334. The minimum Gasteiger partial charge on any atom is -0.379 e. The average Bonchev–Trinajstić information content (AvgIpc) is 2.81. The van der Waals surface area contributed by atoms with Crippen LogP contribution in [-0.4, -0.2) is 55.6 Å². The molecule has 0 unspecified atom stereocenters. The van der Waals surface area contributed by atoms with Crippen molar-refractivity contribution in [2.24, 2.45) is 0 Å². The van der Waals surface area contributed by atoms with Gasteiger partial charge in [0.15, 0.2) is 11.2 Å². The molecule has 2 aromatic rings. The molecule has 0 aliphatic carbocycles. The third-order valence-electron chi connectivity index (χ3n) is 2.36. The van der Waals surface area contributed by atoms with Crippen molar-refractivity contribution in [2.45, 2.75) is 0 Å². The highest BCUT2D eigenvalue weighted by atomic mass is 31.2. The number of fused-ring (bicyclic) bond motifs is 1. The van der Waals surface area contributed by atoms with E-state index in [1.165, 1.54) is 6.33 Å². The maximum absolute atomic E-state index is 11.6. The molecule has 2 rings (SSSR count). The van der Waals surface area contributed by atoms with Crippen LogP contribution in [0.5, 0.6) is 0 Å². The van der Waals surface area contributed by atoms with Gasteiger partial charge >= 0.3 is 7.60 Å². The van der Waals surface area contributed by atoms with Gasteiger partial charge in [0.2, 0.25) is 5.95 Å². The zero-order valence-electron chi connectivity index (χ0n) is 10.4. The van der Waals surface area contributed by atoms with Gasteiger partial charge in [0.25, 0.3) is 5.56 Å². The Balaban J connectivity index is 1.78. The van der Waals surface area contributed by atoms with Gasteiger partial charge in [-0.2, -0.15) is 4.98 Å². The van der Waals surface area contributed by atoms with Crippen LogP contribution >= 0.6 is 7.60 Å². The lowest BCUT2D eigenvalue weighted by Crippen LogP contribution is -2.17. The Labute approximate surface area is 112 Å². The van der Waals surface area contributed by atoms with E-state index in [1.54, 1.807) is 0 Å². The van der Waals surface area contributed by atoms with E-state index >= 15 is 0 Å². The van der Waals surface area contributed by atoms with Gasteiger partial charge < -0.3 is 24.8 Å². The van der Waals surface area contributed by atoms with Gasteiger partial charge in [-0.1, -0.05) is 0 Å². The largest absolute Gasteiger partial charge is 0.379 e. The molecule has 10 nitrogen and oxygen atoms in total. The third kappa shape index (κ3) is 4.14. The van der Waals surface area contributed by atoms with Gasteiger partial charge in [-0.15, -0.1) is 0 Å². The monoisotopic (exact) mass is 303 g/mol. The fourth-order valence-corrected chi connectivity index (χ4v) is 1.82. The summed E-state index contributed by atoms with van der Waals surface area (Å²) in [6.07, 6.45) is 1.06. The number of aromatic amines is 2. The molecule has 0 radical (unpaired) electrons. The van der Waals surface area contributed by atoms with Gasteiger partial charge in [0, 0.05) is 6.54 Å². The molecule has 2 aromatic heterocycles. The van der Waals surface area contributed by atoms with E-state index in [1.807, 2.05) is 0 Å². The Morgan fingerprint density at radius 1 is 1.40 bits per heavy atom. The van der Waals surface area contributed by atoms with E-state index in [4.69, 9.17) is 14.5 Å². The fraction of sp³-hybridized carbons (Fsp3) is 0.444. The van der Waals surface area contributed by atoms with Crippen LogP contribution in [0.1, 0.15) is 0 Å². The van der Waals surface area contributed by atoms with Gasteiger partial charge in [-0.25, -0.2) is 4.98 Å². The van der Waals surface area contributed by atoms with Gasteiger partial charge in [-0.05, 0) is 0 Å². The number of aromatic nitrogens is 4. The molecule has 0 aromatic carbocycles. The van der Waals surface area contributed by atoms with Crippen molar-refractivity contribution in [1.82, 2.24) is 19.9 Å². The highest BCUT2D eigenvalue weighted by Gasteiger charge is 2.11. The Morgan fingerprint density at radius 3 is 2.95 bits per heavy atom. The van der Waals surface area contributed by atoms with Crippen LogP contribution in [0.4, 0.5) is 5.95 Å². The molecule has 5 N–H and O–H groups in total. The van der Waals surface area contributed by atoms with Gasteiger partial charge in [0.05, 0.1) is 25.7 Å². The molecule has 11 heteroatoms. The van der Waals surface area contributed by atoms with Crippen molar-refractivity contribution >= 4 is 24.7 Å². The van der Waals surface area contributed by atoms with E-state index in [2.05, 4.69) is 25.3 Å². The highest BCUT2D eigenvalue weighted by Crippen LogP contribution is 2.33. The van der Waals surface area contributed by atoms with Gasteiger partial charge in [-0.3, -0.25) is 14.3 Å². The summed E-state index contributed by atoms with van der Waals surface area (Å²) < 4.78 is 15.6. The number of ether oxygens (including phenoxy) is 1. The number of nitrogens with one attached hydrogen (secondary N) is 3. The first-order valence-electron chi connectivity index (χ1n) is 5.75. The molecular formula is C9H14N5O5P. The van der Waals surface area contributed by atoms with Crippen LogP contribution in [-0.2, 0) is 9.30 Å². The molecule has 0 aliphatic heterocycles. The number of rotatable bonds is 7. The molecular weight excluding hydrogens is 289 g/mol. The lowest BCUT2D eigenvalue weighted by atomic mass is 10.5. The predicted octanol–water partition coefficient (Wildman–Crippen LogP) is -0.748. The topological polar surface area (TPSA) is 153 Å². The maximum atomic E-state index is 11.6. The zero-order chi connectivity index (χ0) is 14.6. The van der Waals surface area contributed by atoms with E-state index in [0.717, 1.165) is 0 Å². The molecule has 20 heavy (non-hydrogen) atoms. The quantitative estimate of drug-likeness (QED) is 0.331. The summed E-state index contributed by atoms with van der Waals surface area (Å²) in [6, 6.07) is 0. The predicted molar refractivity (Wildman–Crippen MR) is 70.7 cm³/mol. The summed E-state index contributed by atoms with van der Waals surface area (Å²) in [5, 5.41) is 2.83. The van der Waals surface area contributed by atoms with Crippen molar-refractivity contribution in [1.29, 1.82) is 0 Å². The Morgan fingerprint density at radius 2 is 2.20 bits per heavy atom. The third-order valence-corrected chi connectivity index (χ3v) is 3.13. The van der Waals surface area contributed by atoms with Crippen LogP contribution in [0.3, 0.4) is 0 Å². The van der Waals surface area contributed by atoms with Crippen molar-refractivity contribution in [2.75, 3.05) is 31.2 Å². The zero-order valence-corrected chi connectivity index (χ0v) is 11.3. The fourth-order valence-electron chi connectivity index (χ4n) is 1.45. The number of hydrogen-bond acceptors (Lipinski definition) is 6.